The zero-order valence-electron chi connectivity index (χ0n) is 15.6. The first-order valence-corrected chi connectivity index (χ1v) is 9.06. The zero-order valence-corrected chi connectivity index (χ0v) is 15.6. The van der Waals surface area contributed by atoms with Gasteiger partial charge in [-0.15, -0.1) is 0 Å². The Balaban J connectivity index is 1.94. The summed E-state index contributed by atoms with van der Waals surface area (Å²) < 4.78 is 0. The lowest BCUT2D eigenvalue weighted by Crippen LogP contribution is -2.35. The number of carboxylic acids is 1. The smallest absolute Gasteiger partial charge is 0.376 e. The zero-order chi connectivity index (χ0) is 20.8. The Morgan fingerprint density at radius 1 is 0.931 bits per heavy atom. The fraction of sp³-hybridized carbons (Fsp3) is 0.130. The van der Waals surface area contributed by atoms with E-state index in [0.717, 1.165) is 16.7 Å². The summed E-state index contributed by atoms with van der Waals surface area (Å²) in [5.41, 5.74) is 2.86. The first kappa shape index (κ1) is 20.1. The number of carbonyl (C=O) groups excluding carboxylic acids is 1. The third kappa shape index (κ3) is 5.21. The van der Waals surface area contributed by atoms with Crippen LogP contribution in [-0.4, -0.2) is 38.2 Å². The summed E-state index contributed by atoms with van der Waals surface area (Å²) in [6, 6.07) is 19.2. The highest BCUT2D eigenvalue weighted by atomic mass is 16.4. The van der Waals surface area contributed by atoms with Gasteiger partial charge < -0.3 is 20.2 Å². The summed E-state index contributed by atoms with van der Waals surface area (Å²) in [6.07, 6.45) is 3.32. The molecule has 29 heavy (non-hydrogen) atoms. The van der Waals surface area contributed by atoms with Crippen LogP contribution in [0.25, 0.3) is 0 Å². The largest absolute Gasteiger partial charge is 0.507 e. The maximum Gasteiger partial charge on any atom is 0.376 e. The molecule has 2 aromatic carbocycles. The molecule has 1 unspecified atom stereocenters. The van der Waals surface area contributed by atoms with Gasteiger partial charge in [0.2, 0.25) is 0 Å². The van der Waals surface area contributed by atoms with Gasteiger partial charge in [0.05, 0.1) is 0 Å². The molecule has 0 radical (unpaired) electrons. The minimum atomic E-state index is -1.68. The number of carboxylic acid groups (broad SMARTS) is 1. The molecule has 6 heteroatoms. The monoisotopic (exact) mass is 391 g/mol. The molecule has 3 rings (SSSR count). The van der Waals surface area contributed by atoms with Crippen molar-refractivity contribution in [1.29, 1.82) is 0 Å². The van der Waals surface area contributed by atoms with Crippen molar-refractivity contribution in [2.75, 3.05) is 0 Å². The van der Waals surface area contributed by atoms with Gasteiger partial charge in [-0.05, 0) is 29.2 Å². The lowest BCUT2D eigenvalue weighted by molar-refractivity contribution is -0.146. The van der Waals surface area contributed by atoms with Crippen LogP contribution in [0.3, 0.4) is 0 Å². The number of ketones is 1. The average Bonchev–Trinajstić information content (AvgIpc) is 2.71. The number of benzene rings is 2. The molecule has 0 bridgehead atoms. The summed E-state index contributed by atoms with van der Waals surface area (Å²) >= 11 is 0. The van der Waals surface area contributed by atoms with Crippen LogP contribution < -0.4 is 0 Å². The number of hydrogen-bond acceptors (Lipinski definition) is 5. The van der Waals surface area contributed by atoms with E-state index in [9.17, 15) is 19.8 Å². The van der Waals surface area contributed by atoms with E-state index in [4.69, 9.17) is 5.11 Å². The number of hydrogen-bond donors (Lipinski definition) is 3. The first-order chi connectivity index (χ1) is 13.9. The molecule has 0 spiro atoms. The minimum Gasteiger partial charge on any atom is -0.507 e. The highest BCUT2D eigenvalue weighted by Crippen LogP contribution is 2.27. The number of aliphatic hydroxyl groups is 2. The maximum absolute atomic E-state index is 11.5. The summed E-state index contributed by atoms with van der Waals surface area (Å²) in [6.45, 7) is 0.373. The van der Waals surface area contributed by atoms with E-state index in [1.165, 1.54) is 0 Å². The van der Waals surface area contributed by atoms with E-state index in [1.54, 1.807) is 17.2 Å². The molecule has 0 saturated carbocycles. The van der Waals surface area contributed by atoms with Gasteiger partial charge in [0, 0.05) is 24.4 Å². The molecule has 148 valence electrons. The van der Waals surface area contributed by atoms with Crippen molar-refractivity contribution in [2.45, 2.75) is 19.2 Å². The van der Waals surface area contributed by atoms with Crippen LogP contribution in [0.2, 0.25) is 0 Å². The standard InChI is InChI=1S/C23H21NO5/c25-20(13-21(26)23(28)29)19-12-18(11-16-7-3-1-4-8-16)15-24(22(19)27)14-17-9-5-2-6-10-17/h1-10,12-13,15,22,25,27H,11,14H2,(H,28,29)/b20-13-. The molecule has 2 aromatic rings. The summed E-state index contributed by atoms with van der Waals surface area (Å²) in [5.74, 6) is -3.50. The molecule has 0 amide bonds. The van der Waals surface area contributed by atoms with Gasteiger partial charge in [0.25, 0.3) is 5.78 Å². The van der Waals surface area contributed by atoms with Crippen molar-refractivity contribution in [1.82, 2.24) is 4.90 Å². The van der Waals surface area contributed by atoms with Crippen LogP contribution >= 0.6 is 0 Å². The Morgan fingerprint density at radius 3 is 2.10 bits per heavy atom. The van der Waals surface area contributed by atoms with Crippen molar-refractivity contribution in [3.05, 3.63) is 107 Å². The molecule has 0 aromatic heterocycles. The fourth-order valence-corrected chi connectivity index (χ4v) is 3.10. The minimum absolute atomic E-state index is 0.0731. The molecule has 0 saturated heterocycles. The van der Waals surface area contributed by atoms with Gasteiger partial charge in [-0.2, -0.15) is 0 Å². The van der Waals surface area contributed by atoms with Crippen molar-refractivity contribution in [3.63, 3.8) is 0 Å². The molecule has 1 aliphatic heterocycles. The molecule has 1 atom stereocenters. The molecular formula is C23H21NO5. The molecule has 6 nitrogen and oxygen atoms in total. The van der Waals surface area contributed by atoms with Gasteiger partial charge >= 0.3 is 5.97 Å². The van der Waals surface area contributed by atoms with Gasteiger partial charge in [-0.1, -0.05) is 60.7 Å². The lowest BCUT2D eigenvalue weighted by Gasteiger charge is -2.32. The second-order valence-corrected chi connectivity index (χ2v) is 6.70. The summed E-state index contributed by atoms with van der Waals surface area (Å²) in [7, 11) is 0. The van der Waals surface area contributed by atoms with Crippen LogP contribution in [0.1, 0.15) is 11.1 Å². The number of rotatable bonds is 7. The number of allylic oxidation sites excluding steroid dienone is 2. The second kappa shape index (κ2) is 9.03. The van der Waals surface area contributed by atoms with Crippen LogP contribution in [0.4, 0.5) is 0 Å². The number of aliphatic carboxylic acids is 1. The molecule has 0 fully saturated rings. The van der Waals surface area contributed by atoms with Crippen LogP contribution in [0, 0.1) is 0 Å². The van der Waals surface area contributed by atoms with Crippen molar-refractivity contribution in [2.24, 2.45) is 0 Å². The predicted molar refractivity (Wildman–Crippen MR) is 108 cm³/mol. The summed E-state index contributed by atoms with van der Waals surface area (Å²) in [5, 5.41) is 29.9. The van der Waals surface area contributed by atoms with Crippen LogP contribution in [0.5, 0.6) is 0 Å². The predicted octanol–water partition coefficient (Wildman–Crippen LogP) is 2.97. The topological polar surface area (TPSA) is 98.1 Å². The number of aliphatic hydroxyl groups excluding tert-OH is 2. The average molecular weight is 391 g/mol. The van der Waals surface area contributed by atoms with Crippen molar-refractivity contribution < 1.29 is 24.9 Å². The molecule has 1 heterocycles. The van der Waals surface area contributed by atoms with E-state index < -0.39 is 23.7 Å². The highest BCUT2D eigenvalue weighted by Gasteiger charge is 2.26. The van der Waals surface area contributed by atoms with Gasteiger partial charge in [0.1, 0.15) is 5.76 Å². The molecular weight excluding hydrogens is 370 g/mol. The Morgan fingerprint density at radius 2 is 1.52 bits per heavy atom. The third-order valence-electron chi connectivity index (χ3n) is 4.50. The molecule has 1 aliphatic rings. The van der Waals surface area contributed by atoms with Crippen LogP contribution in [0.15, 0.2) is 95.9 Å². The van der Waals surface area contributed by atoms with E-state index in [1.807, 2.05) is 60.7 Å². The van der Waals surface area contributed by atoms with Crippen molar-refractivity contribution in [3.8, 4) is 0 Å². The van der Waals surface area contributed by atoms with E-state index in [2.05, 4.69) is 0 Å². The first-order valence-electron chi connectivity index (χ1n) is 9.06. The van der Waals surface area contributed by atoms with Gasteiger partial charge in [-0.25, -0.2) is 4.79 Å². The Kier molecular flexibility index (Phi) is 6.26. The Bertz CT molecular complexity index is 977. The SMILES string of the molecule is O=C(O)C(=O)/C=C(\O)C1=CC(Cc2ccccc2)=CN(Cc2ccccc2)C1O. The van der Waals surface area contributed by atoms with Crippen LogP contribution in [-0.2, 0) is 22.6 Å². The van der Waals surface area contributed by atoms with E-state index in [-0.39, 0.29) is 5.57 Å². The Labute approximate surface area is 168 Å². The lowest BCUT2D eigenvalue weighted by atomic mass is 9.97. The number of nitrogens with zero attached hydrogens (tertiary/aromatic N) is 1. The quantitative estimate of drug-likeness (QED) is 0.381. The number of carbonyl (C=O) groups is 2. The van der Waals surface area contributed by atoms with E-state index >= 15 is 0 Å². The van der Waals surface area contributed by atoms with Gasteiger partial charge in [-0.3, -0.25) is 4.79 Å². The van der Waals surface area contributed by atoms with E-state index in [0.29, 0.717) is 19.0 Å². The highest BCUT2D eigenvalue weighted by molar-refractivity contribution is 6.37. The Hall–Kier alpha value is -3.64. The molecule has 3 N–H and O–H groups in total. The summed E-state index contributed by atoms with van der Waals surface area (Å²) in [4.78, 5) is 23.9. The van der Waals surface area contributed by atoms with Crippen molar-refractivity contribution >= 4 is 11.8 Å². The maximum atomic E-state index is 11.5. The molecule has 0 aliphatic carbocycles. The fourth-order valence-electron chi connectivity index (χ4n) is 3.10. The van der Waals surface area contributed by atoms with Gasteiger partial charge in [0.15, 0.2) is 6.23 Å². The third-order valence-corrected chi connectivity index (χ3v) is 4.50. The normalized spacial score (nSPS) is 16.8. The second-order valence-electron chi connectivity index (χ2n) is 6.70.